The molecule has 5 nitrogen and oxygen atoms in total. The first-order chi connectivity index (χ1) is 18.4. The molecule has 0 unspecified atom stereocenters. The maximum atomic E-state index is 13.3. The fourth-order valence-electron chi connectivity index (χ4n) is 4.94. The number of carbonyl (C=O) groups excluding carboxylic acids is 1. The van der Waals surface area contributed by atoms with Gasteiger partial charge in [0.05, 0.1) is 17.6 Å². The summed E-state index contributed by atoms with van der Waals surface area (Å²) in [7, 11) is 0. The lowest BCUT2D eigenvalue weighted by molar-refractivity contribution is -0.137. The molecule has 2 fully saturated rings. The zero-order valence-corrected chi connectivity index (χ0v) is 22.0. The molecule has 2 aliphatic rings. The molecule has 5 heteroatoms. The summed E-state index contributed by atoms with van der Waals surface area (Å²) in [4.78, 5) is 13.3. The van der Waals surface area contributed by atoms with Crippen LogP contribution >= 0.6 is 0 Å². The van der Waals surface area contributed by atoms with Crippen LogP contribution in [0.4, 0.5) is 0 Å². The smallest absolute Gasteiger partial charge is 0.250 e. The maximum Gasteiger partial charge on any atom is 0.250 e. The van der Waals surface area contributed by atoms with Gasteiger partial charge in [-0.2, -0.15) is 10.5 Å². The third kappa shape index (κ3) is 5.49. The minimum Gasteiger partial charge on any atom is -0.356 e. The topological polar surface area (TPSA) is 85.9 Å². The fraction of sp³-hybridized carbons (Fsp3) is 0.364. The molecule has 3 aromatic carbocycles. The molecule has 0 aromatic heterocycles. The Balaban J connectivity index is 1.42. The molecule has 0 spiro atoms. The van der Waals surface area contributed by atoms with Gasteiger partial charge in [-0.1, -0.05) is 86.6 Å². The van der Waals surface area contributed by atoms with Crippen molar-refractivity contribution in [1.82, 2.24) is 5.32 Å². The van der Waals surface area contributed by atoms with Gasteiger partial charge in [-0.15, -0.1) is 0 Å². The van der Waals surface area contributed by atoms with Gasteiger partial charge in [0.1, 0.15) is 17.7 Å². The Bertz CT molecular complexity index is 1370. The summed E-state index contributed by atoms with van der Waals surface area (Å²) in [6, 6.07) is 31.2. The second-order valence-corrected chi connectivity index (χ2v) is 11.1. The van der Waals surface area contributed by atoms with Crippen LogP contribution in [0.3, 0.4) is 0 Å². The average molecular weight is 504 g/mol. The summed E-state index contributed by atoms with van der Waals surface area (Å²) in [5.41, 5.74) is 4.09. The molecule has 0 heterocycles. The van der Waals surface area contributed by atoms with E-state index in [2.05, 4.69) is 67.7 Å². The highest BCUT2D eigenvalue weighted by molar-refractivity contribution is 5.82. The lowest BCUT2D eigenvalue weighted by atomic mass is 9.93. The first kappa shape index (κ1) is 25.7. The molecule has 2 aliphatic carbocycles. The summed E-state index contributed by atoms with van der Waals surface area (Å²) < 4.78 is 6.59. The normalized spacial score (nSPS) is 18.0. The molecular weight excluding hydrogens is 470 g/mol. The Morgan fingerprint density at radius 3 is 2.13 bits per heavy atom. The highest BCUT2D eigenvalue weighted by Gasteiger charge is 2.46. The monoisotopic (exact) mass is 503 g/mol. The number of nitrogens with one attached hydrogen (secondary N) is 1. The summed E-state index contributed by atoms with van der Waals surface area (Å²) in [6.07, 6.45) is 2.65. The summed E-state index contributed by atoms with van der Waals surface area (Å²) >= 11 is 0. The predicted molar refractivity (Wildman–Crippen MR) is 147 cm³/mol. The predicted octanol–water partition coefficient (Wildman–Crippen LogP) is 6.60. The van der Waals surface area contributed by atoms with E-state index in [1.165, 1.54) is 0 Å². The van der Waals surface area contributed by atoms with E-state index in [4.69, 9.17) is 4.74 Å². The first-order valence-electron chi connectivity index (χ1n) is 13.4. The van der Waals surface area contributed by atoms with Crippen molar-refractivity contribution in [3.63, 3.8) is 0 Å². The van der Waals surface area contributed by atoms with E-state index in [1.807, 2.05) is 42.5 Å². The number of rotatable bonds is 10. The summed E-state index contributed by atoms with van der Waals surface area (Å²) in [5.74, 6) is 0.0239. The van der Waals surface area contributed by atoms with Gasteiger partial charge >= 0.3 is 0 Å². The summed E-state index contributed by atoms with van der Waals surface area (Å²) in [6.45, 7) is 4.14. The van der Waals surface area contributed by atoms with Gasteiger partial charge in [0, 0.05) is 0 Å². The fourth-order valence-corrected chi connectivity index (χ4v) is 4.94. The van der Waals surface area contributed by atoms with Crippen molar-refractivity contribution in [2.24, 2.45) is 5.92 Å². The number of benzene rings is 3. The minimum atomic E-state index is -0.737. The minimum absolute atomic E-state index is 0.224. The third-order valence-corrected chi connectivity index (χ3v) is 7.63. The van der Waals surface area contributed by atoms with E-state index in [9.17, 15) is 15.3 Å². The van der Waals surface area contributed by atoms with Gasteiger partial charge in [0.25, 0.3) is 0 Å². The Kier molecular flexibility index (Phi) is 7.06. The van der Waals surface area contributed by atoms with E-state index in [0.717, 1.165) is 40.7 Å². The molecular formula is C33H33N3O2. The van der Waals surface area contributed by atoms with Crippen LogP contribution in [-0.4, -0.2) is 17.6 Å². The van der Waals surface area contributed by atoms with E-state index in [1.54, 1.807) is 0 Å². The molecule has 38 heavy (non-hydrogen) atoms. The van der Waals surface area contributed by atoms with E-state index in [-0.39, 0.29) is 17.2 Å². The lowest BCUT2D eigenvalue weighted by Gasteiger charge is -2.27. The van der Waals surface area contributed by atoms with Crippen LogP contribution in [0.15, 0.2) is 78.9 Å². The first-order valence-corrected chi connectivity index (χ1v) is 13.4. The lowest BCUT2D eigenvalue weighted by Crippen LogP contribution is -2.44. The van der Waals surface area contributed by atoms with Crippen LogP contribution in [0.1, 0.15) is 68.7 Å². The third-order valence-electron chi connectivity index (χ3n) is 7.63. The van der Waals surface area contributed by atoms with Gasteiger partial charge in [-0.3, -0.25) is 4.79 Å². The second-order valence-electron chi connectivity index (χ2n) is 11.1. The molecule has 1 N–H and O–H groups in total. The molecule has 0 radical (unpaired) electrons. The zero-order valence-electron chi connectivity index (χ0n) is 22.0. The Hall–Kier alpha value is -3.93. The van der Waals surface area contributed by atoms with Crippen molar-refractivity contribution in [3.05, 3.63) is 95.6 Å². The number of carbonyl (C=O) groups is 1. The number of hydrogen-bond acceptors (Lipinski definition) is 4. The molecule has 0 saturated heterocycles. The van der Waals surface area contributed by atoms with Crippen molar-refractivity contribution in [3.8, 4) is 23.3 Å². The maximum absolute atomic E-state index is 13.3. The van der Waals surface area contributed by atoms with E-state index >= 15 is 0 Å². The number of nitriles is 2. The van der Waals surface area contributed by atoms with Crippen LogP contribution in [0.2, 0.25) is 0 Å². The van der Waals surface area contributed by atoms with Gasteiger partial charge in [-0.25, -0.2) is 0 Å². The van der Waals surface area contributed by atoms with Gasteiger partial charge in [0.2, 0.25) is 5.91 Å². The average Bonchev–Trinajstić information content (AvgIpc) is 3.88. The zero-order chi connectivity index (χ0) is 26.8. The molecule has 5 rings (SSSR count). The molecule has 192 valence electrons. The SMILES string of the molecule is CC(C)C[C@H](O[C@H](c1ccccc1)c1ccc(-c2cccc(C3(C#N)CC3)c2)cc1)C(=O)NC1(C#N)CC1. The highest BCUT2D eigenvalue weighted by atomic mass is 16.5. The summed E-state index contributed by atoms with van der Waals surface area (Å²) in [5, 5.41) is 22.0. The van der Waals surface area contributed by atoms with E-state index < -0.39 is 17.7 Å². The number of amides is 1. The van der Waals surface area contributed by atoms with Crippen LogP contribution < -0.4 is 5.32 Å². The number of ether oxygens (including phenoxy) is 1. The molecule has 2 saturated carbocycles. The number of hydrogen-bond donors (Lipinski definition) is 1. The van der Waals surface area contributed by atoms with Gasteiger partial charge < -0.3 is 10.1 Å². The quantitative estimate of drug-likeness (QED) is 0.338. The standard InChI is InChI=1S/C33H33N3O2/c1-23(2)19-29(31(37)36-33(22-35)17-18-33)38-30(25-7-4-3-5-8-25)26-13-11-24(12-14-26)27-9-6-10-28(20-27)32(21-34)15-16-32/h3-14,20,23,29-30H,15-19H2,1-2H3,(H,36,37)/t29-,30+/m0/s1. The van der Waals surface area contributed by atoms with Crippen molar-refractivity contribution in [2.45, 2.75) is 69.1 Å². The van der Waals surface area contributed by atoms with Crippen molar-refractivity contribution in [1.29, 1.82) is 10.5 Å². The Labute approximate surface area is 225 Å². The second kappa shape index (κ2) is 10.4. The molecule has 2 atom stereocenters. The van der Waals surface area contributed by atoms with Crippen molar-refractivity contribution < 1.29 is 9.53 Å². The molecule has 0 bridgehead atoms. The van der Waals surface area contributed by atoms with Gasteiger partial charge in [0.15, 0.2) is 0 Å². The van der Waals surface area contributed by atoms with Crippen LogP contribution in [-0.2, 0) is 14.9 Å². The highest BCUT2D eigenvalue weighted by Crippen LogP contribution is 2.48. The molecule has 3 aromatic rings. The largest absolute Gasteiger partial charge is 0.356 e. The molecule has 0 aliphatic heterocycles. The van der Waals surface area contributed by atoms with Crippen LogP contribution in [0.25, 0.3) is 11.1 Å². The van der Waals surface area contributed by atoms with Crippen LogP contribution in [0, 0.1) is 28.6 Å². The van der Waals surface area contributed by atoms with E-state index in [0.29, 0.717) is 19.3 Å². The van der Waals surface area contributed by atoms with Crippen molar-refractivity contribution >= 4 is 5.91 Å². The van der Waals surface area contributed by atoms with Crippen LogP contribution in [0.5, 0.6) is 0 Å². The Morgan fingerprint density at radius 1 is 0.868 bits per heavy atom. The van der Waals surface area contributed by atoms with Gasteiger partial charge in [-0.05, 0) is 71.9 Å². The molecule has 1 amide bonds. The Morgan fingerprint density at radius 2 is 1.55 bits per heavy atom. The van der Waals surface area contributed by atoms with Crippen molar-refractivity contribution in [2.75, 3.05) is 0 Å². The number of nitrogens with zero attached hydrogens (tertiary/aromatic N) is 2.